The summed E-state index contributed by atoms with van der Waals surface area (Å²) in [4.78, 5) is 0. The Bertz CT molecular complexity index is 2300. The molecule has 0 aromatic heterocycles. The van der Waals surface area contributed by atoms with Crippen LogP contribution >= 0.6 is 0 Å². The van der Waals surface area contributed by atoms with Crippen LogP contribution in [-0.4, -0.2) is 6.71 Å². The summed E-state index contributed by atoms with van der Waals surface area (Å²) in [7, 11) is 0. The molecular formula is C48H39B. The van der Waals surface area contributed by atoms with Gasteiger partial charge in [-0.1, -0.05) is 196 Å². The third-order valence-corrected chi connectivity index (χ3v) is 11.4. The van der Waals surface area contributed by atoms with Crippen molar-refractivity contribution in [1.29, 1.82) is 0 Å². The molecule has 0 amide bonds. The van der Waals surface area contributed by atoms with E-state index in [1.807, 2.05) is 0 Å². The first-order chi connectivity index (χ1) is 23.8. The highest BCUT2D eigenvalue weighted by Crippen LogP contribution is 2.43. The molecule has 0 atom stereocenters. The second-order valence-electron chi connectivity index (χ2n) is 14.9. The van der Waals surface area contributed by atoms with Crippen LogP contribution in [0.1, 0.15) is 49.9 Å². The van der Waals surface area contributed by atoms with Crippen LogP contribution in [0, 0.1) is 0 Å². The first-order valence-corrected chi connectivity index (χ1v) is 17.6. The van der Waals surface area contributed by atoms with E-state index < -0.39 is 0 Å². The lowest BCUT2D eigenvalue weighted by Gasteiger charge is -2.47. The summed E-state index contributed by atoms with van der Waals surface area (Å²) in [5.41, 5.74) is 19.9. The van der Waals surface area contributed by atoms with Gasteiger partial charge in [0.2, 0.25) is 6.71 Å². The van der Waals surface area contributed by atoms with Crippen LogP contribution < -0.4 is 16.4 Å². The number of hydrogen-bond acceptors (Lipinski definition) is 0. The Morgan fingerprint density at radius 2 is 0.673 bits per heavy atom. The maximum Gasteiger partial charge on any atom is 0.242 e. The van der Waals surface area contributed by atoms with Gasteiger partial charge in [-0.3, -0.25) is 0 Å². The Labute approximate surface area is 291 Å². The third-order valence-electron chi connectivity index (χ3n) is 11.4. The third kappa shape index (κ3) is 4.67. The Morgan fingerprint density at radius 3 is 1.18 bits per heavy atom. The van der Waals surface area contributed by atoms with Crippen LogP contribution in [0.4, 0.5) is 0 Å². The fourth-order valence-electron chi connectivity index (χ4n) is 8.81. The van der Waals surface area contributed by atoms with Crippen LogP contribution in [0.3, 0.4) is 0 Å². The minimum Gasteiger partial charge on any atom is -0.0667 e. The second kappa shape index (κ2) is 11.1. The molecule has 234 valence electrons. The van der Waals surface area contributed by atoms with Crippen LogP contribution in [0.5, 0.6) is 0 Å². The van der Waals surface area contributed by atoms with Gasteiger partial charge in [-0.05, 0) is 78.9 Å². The zero-order valence-electron chi connectivity index (χ0n) is 28.7. The molecule has 0 radical (unpaired) electrons. The SMILES string of the molecule is CC1(C)c2ccccc2B2c3ccccc3C(C)(C)c3cc(-c4cccc(-c5cccc(-c6ccc(-c7ccccc7)cc6)c5)c4)cc1c32. The van der Waals surface area contributed by atoms with Gasteiger partial charge in [-0.2, -0.15) is 0 Å². The maximum atomic E-state index is 2.51. The van der Waals surface area contributed by atoms with Gasteiger partial charge in [0.1, 0.15) is 0 Å². The van der Waals surface area contributed by atoms with E-state index in [0.717, 1.165) is 0 Å². The molecule has 0 fully saturated rings. The van der Waals surface area contributed by atoms with Gasteiger partial charge in [0.15, 0.2) is 0 Å². The normalized spacial score (nSPS) is 14.8. The zero-order valence-corrected chi connectivity index (χ0v) is 28.7. The van der Waals surface area contributed by atoms with Crippen molar-refractivity contribution in [2.45, 2.75) is 38.5 Å². The molecule has 7 aromatic rings. The van der Waals surface area contributed by atoms with Gasteiger partial charge >= 0.3 is 0 Å². The highest BCUT2D eigenvalue weighted by Gasteiger charge is 2.48. The zero-order chi connectivity index (χ0) is 33.3. The van der Waals surface area contributed by atoms with Crippen molar-refractivity contribution in [1.82, 2.24) is 0 Å². The lowest BCUT2D eigenvalue weighted by Crippen LogP contribution is -2.66. The van der Waals surface area contributed by atoms with E-state index in [1.54, 1.807) is 0 Å². The van der Waals surface area contributed by atoms with Gasteiger partial charge in [0.25, 0.3) is 0 Å². The lowest BCUT2D eigenvalue weighted by atomic mass is 9.27. The van der Waals surface area contributed by atoms with Crippen LogP contribution in [0.25, 0.3) is 44.5 Å². The van der Waals surface area contributed by atoms with Crippen molar-refractivity contribution in [2.24, 2.45) is 0 Å². The second-order valence-corrected chi connectivity index (χ2v) is 14.9. The van der Waals surface area contributed by atoms with E-state index >= 15 is 0 Å². The van der Waals surface area contributed by atoms with Gasteiger partial charge in [-0.15, -0.1) is 0 Å². The van der Waals surface area contributed by atoms with E-state index in [0.29, 0.717) is 0 Å². The van der Waals surface area contributed by atoms with E-state index in [4.69, 9.17) is 0 Å². The van der Waals surface area contributed by atoms with Crippen molar-refractivity contribution in [3.63, 3.8) is 0 Å². The molecule has 0 saturated carbocycles. The molecule has 1 heteroatoms. The van der Waals surface area contributed by atoms with Gasteiger partial charge < -0.3 is 0 Å². The average molecular weight is 627 g/mol. The Balaban J connectivity index is 1.15. The molecule has 49 heavy (non-hydrogen) atoms. The topological polar surface area (TPSA) is 0 Å². The van der Waals surface area contributed by atoms with Gasteiger partial charge in [0, 0.05) is 10.8 Å². The molecule has 0 bridgehead atoms. The highest BCUT2D eigenvalue weighted by atomic mass is 14.4. The molecule has 0 saturated heterocycles. The fourth-order valence-corrected chi connectivity index (χ4v) is 8.81. The maximum absolute atomic E-state index is 2.51. The molecule has 2 aliphatic rings. The van der Waals surface area contributed by atoms with Gasteiger partial charge in [0.05, 0.1) is 0 Å². The molecule has 0 N–H and O–H groups in total. The lowest BCUT2D eigenvalue weighted by molar-refractivity contribution is 0.622. The number of fused-ring (bicyclic) bond motifs is 4. The van der Waals surface area contributed by atoms with E-state index in [9.17, 15) is 0 Å². The van der Waals surface area contributed by atoms with E-state index in [2.05, 4.69) is 191 Å². The molecule has 0 nitrogen and oxygen atoms in total. The smallest absolute Gasteiger partial charge is 0.0667 e. The Morgan fingerprint density at radius 1 is 0.306 bits per heavy atom. The van der Waals surface area contributed by atoms with Crippen molar-refractivity contribution >= 4 is 23.1 Å². The number of benzene rings is 7. The summed E-state index contributed by atoms with van der Waals surface area (Å²) < 4.78 is 0. The van der Waals surface area contributed by atoms with Gasteiger partial charge in [-0.25, -0.2) is 0 Å². The largest absolute Gasteiger partial charge is 0.242 e. The summed E-state index contributed by atoms with van der Waals surface area (Å²) in [6, 6.07) is 61.0. The monoisotopic (exact) mass is 626 g/mol. The molecule has 2 aliphatic heterocycles. The average Bonchev–Trinajstić information content (AvgIpc) is 3.15. The predicted molar refractivity (Wildman–Crippen MR) is 210 cm³/mol. The van der Waals surface area contributed by atoms with Crippen LogP contribution in [0.2, 0.25) is 0 Å². The van der Waals surface area contributed by atoms with Crippen molar-refractivity contribution in [2.75, 3.05) is 0 Å². The van der Waals surface area contributed by atoms with Crippen molar-refractivity contribution < 1.29 is 0 Å². The standard InChI is InChI=1S/C48H39B/c1-47(2)40-20-8-10-22-44(40)49-45-23-11-9-21-41(45)48(3,4)43-31-39(30-42(47)46(43)49)38-19-13-18-37(29-38)36-17-12-16-35(28-36)34-26-24-33(25-27-34)32-14-6-5-7-15-32/h5-31H,1-4H3. The molecule has 0 unspecified atom stereocenters. The number of rotatable bonds is 4. The summed E-state index contributed by atoms with van der Waals surface area (Å²) in [6.07, 6.45) is 0. The summed E-state index contributed by atoms with van der Waals surface area (Å²) in [5, 5.41) is 0. The quantitative estimate of drug-likeness (QED) is 0.171. The fraction of sp³-hybridized carbons (Fsp3) is 0.125. The van der Waals surface area contributed by atoms with E-state index in [-0.39, 0.29) is 17.5 Å². The molecule has 7 aromatic carbocycles. The van der Waals surface area contributed by atoms with Crippen LogP contribution in [0.15, 0.2) is 164 Å². The Kier molecular flexibility index (Phi) is 6.72. The summed E-state index contributed by atoms with van der Waals surface area (Å²) in [5.74, 6) is 0. The molecule has 2 heterocycles. The molecular weight excluding hydrogens is 587 g/mol. The van der Waals surface area contributed by atoms with Crippen LogP contribution in [-0.2, 0) is 10.8 Å². The number of hydrogen-bond donors (Lipinski definition) is 0. The Hall–Kier alpha value is -5.40. The minimum atomic E-state index is -0.114. The van der Waals surface area contributed by atoms with Crippen molar-refractivity contribution in [3.05, 3.63) is 186 Å². The predicted octanol–water partition coefficient (Wildman–Crippen LogP) is 10.1. The van der Waals surface area contributed by atoms with E-state index in [1.165, 1.54) is 83.1 Å². The summed E-state index contributed by atoms with van der Waals surface area (Å²) >= 11 is 0. The summed E-state index contributed by atoms with van der Waals surface area (Å²) in [6.45, 7) is 9.93. The van der Waals surface area contributed by atoms with Crippen molar-refractivity contribution in [3.8, 4) is 44.5 Å². The first-order valence-electron chi connectivity index (χ1n) is 17.6. The molecule has 9 rings (SSSR count). The minimum absolute atomic E-state index is 0.114. The first kappa shape index (κ1) is 29.7. The molecule has 0 spiro atoms. The highest BCUT2D eigenvalue weighted by molar-refractivity contribution is 6.97. The molecule has 0 aliphatic carbocycles.